The van der Waals surface area contributed by atoms with Crippen molar-refractivity contribution < 1.29 is 14.7 Å². The van der Waals surface area contributed by atoms with Crippen molar-refractivity contribution in [3.63, 3.8) is 0 Å². The van der Waals surface area contributed by atoms with E-state index in [9.17, 15) is 9.59 Å². The molecule has 0 aliphatic heterocycles. The maximum absolute atomic E-state index is 12.0. The third-order valence-corrected chi connectivity index (χ3v) is 3.80. The van der Waals surface area contributed by atoms with Crippen LogP contribution in [0.5, 0.6) is 0 Å². The molecule has 0 bridgehead atoms. The van der Waals surface area contributed by atoms with Crippen molar-refractivity contribution in [2.45, 2.75) is 19.5 Å². The van der Waals surface area contributed by atoms with Crippen LogP contribution in [0.1, 0.15) is 34.0 Å². The molecule has 0 fully saturated rings. The van der Waals surface area contributed by atoms with E-state index in [1.165, 1.54) is 21.6 Å². The number of hydrogen-bond donors (Lipinski definition) is 3. The van der Waals surface area contributed by atoms with Crippen LogP contribution in [-0.4, -0.2) is 44.2 Å². The third kappa shape index (κ3) is 3.78. The van der Waals surface area contributed by atoms with Crippen LogP contribution in [0.4, 0.5) is 4.79 Å². The van der Waals surface area contributed by atoms with Gasteiger partial charge in [-0.25, -0.2) is 14.6 Å². The Hall–Kier alpha value is -2.42. The monoisotopic (exact) mass is 309 g/mol. The van der Waals surface area contributed by atoms with Crippen molar-refractivity contribution in [3.8, 4) is 0 Å². The molecule has 0 aromatic carbocycles. The van der Waals surface area contributed by atoms with E-state index in [1.807, 2.05) is 0 Å². The number of hydrogen-bond acceptors (Lipinski definition) is 5. The molecular formula is C12H15N5O3S. The van der Waals surface area contributed by atoms with Gasteiger partial charge in [0.15, 0.2) is 5.69 Å². The van der Waals surface area contributed by atoms with Gasteiger partial charge in [0.25, 0.3) is 0 Å². The minimum atomic E-state index is -1.08. The molecule has 0 aliphatic carbocycles. The summed E-state index contributed by atoms with van der Waals surface area (Å²) in [7, 11) is 1.67. The quantitative estimate of drug-likeness (QED) is 0.774. The van der Waals surface area contributed by atoms with E-state index in [-0.39, 0.29) is 17.8 Å². The number of aromatic carboxylic acids is 1. The second kappa shape index (κ2) is 6.35. The number of nitrogens with one attached hydrogen (secondary N) is 2. The molecule has 2 amide bonds. The molecule has 2 rings (SSSR count). The molecule has 2 heterocycles. The van der Waals surface area contributed by atoms with Gasteiger partial charge in [-0.2, -0.15) is 5.10 Å². The number of rotatable bonds is 5. The second-order valence-corrected chi connectivity index (χ2v) is 5.40. The molecule has 0 aliphatic rings. The average Bonchev–Trinajstić information content (AvgIpc) is 3.09. The summed E-state index contributed by atoms with van der Waals surface area (Å²) in [5, 5.41) is 20.1. The van der Waals surface area contributed by atoms with Crippen LogP contribution in [0.15, 0.2) is 17.8 Å². The Labute approximate surface area is 124 Å². The van der Waals surface area contributed by atoms with E-state index in [1.54, 1.807) is 26.4 Å². The lowest BCUT2D eigenvalue weighted by Gasteiger charge is -2.19. The molecule has 1 atom stereocenters. The fourth-order valence-corrected chi connectivity index (χ4v) is 2.45. The summed E-state index contributed by atoms with van der Waals surface area (Å²) in [5.41, 5.74) is 0.880. The third-order valence-electron chi connectivity index (χ3n) is 2.77. The van der Waals surface area contributed by atoms with E-state index in [0.29, 0.717) is 11.6 Å². The second-order valence-electron chi connectivity index (χ2n) is 4.51. The Morgan fingerprint density at radius 2 is 2.33 bits per heavy atom. The van der Waals surface area contributed by atoms with Crippen LogP contribution in [0.2, 0.25) is 0 Å². The van der Waals surface area contributed by atoms with Gasteiger partial charge in [0.05, 0.1) is 18.8 Å². The SMILES string of the molecule is CC(NC(=O)N(C)Cc1cn[nH]c1)c1nc(C(=O)O)cs1. The Morgan fingerprint density at radius 3 is 2.90 bits per heavy atom. The minimum Gasteiger partial charge on any atom is -0.476 e. The summed E-state index contributed by atoms with van der Waals surface area (Å²) in [6, 6.07) is -0.627. The summed E-state index contributed by atoms with van der Waals surface area (Å²) < 4.78 is 0. The molecule has 8 nitrogen and oxygen atoms in total. The van der Waals surface area contributed by atoms with Gasteiger partial charge in [-0.05, 0) is 6.92 Å². The number of aromatic nitrogens is 3. The number of carboxylic acids is 1. The van der Waals surface area contributed by atoms with E-state index in [0.717, 1.165) is 5.56 Å². The zero-order chi connectivity index (χ0) is 15.4. The number of nitrogens with zero attached hydrogens (tertiary/aromatic N) is 3. The molecule has 21 heavy (non-hydrogen) atoms. The van der Waals surface area contributed by atoms with E-state index in [2.05, 4.69) is 20.5 Å². The Morgan fingerprint density at radius 1 is 1.57 bits per heavy atom. The standard InChI is InChI=1S/C12H15N5O3S/c1-7(10-16-9(6-21-10)11(18)19)15-12(20)17(2)5-8-3-13-14-4-8/h3-4,6-7H,5H2,1-2H3,(H,13,14)(H,15,20)(H,18,19). The van der Waals surface area contributed by atoms with Gasteiger partial charge in [0, 0.05) is 24.2 Å². The first-order valence-corrected chi connectivity index (χ1v) is 7.03. The lowest BCUT2D eigenvalue weighted by atomic mass is 10.3. The highest BCUT2D eigenvalue weighted by Crippen LogP contribution is 2.18. The van der Waals surface area contributed by atoms with E-state index >= 15 is 0 Å². The molecule has 0 spiro atoms. The smallest absolute Gasteiger partial charge is 0.355 e. The first-order valence-electron chi connectivity index (χ1n) is 6.15. The van der Waals surface area contributed by atoms with Crippen LogP contribution in [0.3, 0.4) is 0 Å². The number of aromatic amines is 1. The Kier molecular flexibility index (Phi) is 4.53. The molecule has 0 saturated heterocycles. The topological polar surface area (TPSA) is 111 Å². The van der Waals surface area contributed by atoms with Crippen molar-refractivity contribution >= 4 is 23.3 Å². The number of urea groups is 1. The van der Waals surface area contributed by atoms with Gasteiger partial charge < -0.3 is 15.3 Å². The largest absolute Gasteiger partial charge is 0.476 e. The summed E-state index contributed by atoms with van der Waals surface area (Å²) >= 11 is 1.20. The molecule has 9 heteroatoms. The molecule has 112 valence electrons. The molecule has 2 aromatic rings. The summed E-state index contributed by atoms with van der Waals surface area (Å²) in [5.74, 6) is -1.08. The van der Waals surface area contributed by atoms with Crippen molar-refractivity contribution in [1.82, 2.24) is 25.4 Å². The van der Waals surface area contributed by atoms with Gasteiger partial charge >= 0.3 is 12.0 Å². The van der Waals surface area contributed by atoms with Gasteiger partial charge in [-0.1, -0.05) is 0 Å². The van der Waals surface area contributed by atoms with Crippen LogP contribution in [-0.2, 0) is 6.54 Å². The maximum atomic E-state index is 12.0. The van der Waals surface area contributed by atoms with E-state index in [4.69, 9.17) is 5.11 Å². The Balaban J connectivity index is 1.93. The first kappa shape index (κ1) is 15.0. The molecule has 0 saturated carbocycles. The number of amides is 2. The van der Waals surface area contributed by atoms with Gasteiger partial charge in [0.1, 0.15) is 5.01 Å². The predicted octanol–water partition coefficient (Wildman–Crippen LogP) is 1.47. The molecule has 2 aromatic heterocycles. The van der Waals surface area contributed by atoms with Crippen molar-refractivity contribution in [3.05, 3.63) is 34.0 Å². The van der Waals surface area contributed by atoms with Crippen molar-refractivity contribution in [2.75, 3.05) is 7.05 Å². The van der Waals surface area contributed by atoms with Crippen LogP contribution < -0.4 is 5.32 Å². The van der Waals surface area contributed by atoms with Gasteiger partial charge in [0.2, 0.25) is 0 Å². The zero-order valence-corrected chi connectivity index (χ0v) is 12.3. The zero-order valence-electron chi connectivity index (χ0n) is 11.5. The summed E-state index contributed by atoms with van der Waals surface area (Å²) in [6.07, 6.45) is 3.36. The molecule has 1 unspecified atom stereocenters. The molecule has 3 N–H and O–H groups in total. The molecule has 0 radical (unpaired) electrons. The lowest BCUT2D eigenvalue weighted by molar-refractivity contribution is 0.0691. The number of thiazole rings is 1. The van der Waals surface area contributed by atoms with Crippen molar-refractivity contribution in [1.29, 1.82) is 0 Å². The van der Waals surface area contributed by atoms with Gasteiger partial charge in [-0.15, -0.1) is 11.3 Å². The predicted molar refractivity (Wildman–Crippen MR) is 76.1 cm³/mol. The fraction of sp³-hybridized carbons (Fsp3) is 0.333. The fourth-order valence-electron chi connectivity index (χ4n) is 1.65. The maximum Gasteiger partial charge on any atom is 0.355 e. The highest BCUT2D eigenvalue weighted by Gasteiger charge is 2.18. The van der Waals surface area contributed by atoms with Crippen LogP contribution in [0, 0.1) is 0 Å². The van der Waals surface area contributed by atoms with Crippen LogP contribution in [0.25, 0.3) is 0 Å². The summed E-state index contributed by atoms with van der Waals surface area (Å²) in [6.45, 7) is 2.18. The summed E-state index contributed by atoms with van der Waals surface area (Å²) in [4.78, 5) is 28.3. The lowest BCUT2D eigenvalue weighted by Crippen LogP contribution is -2.38. The molecular weight excluding hydrogens is 294 g/mol. The van der Waals surface area contributed by atoms with E-state index < -0.39 is 5.97 Å². The van der Waals surface area contributed by atoms with Gasteiger partial charge in [-0.3, -0.25) is 5.10 Å². The number of carboxylic acid groups (broad SMARTS) is 1. The number of carbonyl (C=O) groups is 2. The average molecular weight is 309 g/mol. The van der Waals surface area contributed by atoms with Crippen LogP contribution >= 0.6 is 11.3 Å². The number of H-pyrrole nitrogens is 1. The normalized spacial score (nSPS) is 11.9. The highest BCUT2D eigenvalue weighted by atomic mass is 32.1. The number of carbonyl (C=O) groups excluding carboxylic acids is 1. The Bertz CT molecular complexity index is 625. The first-order chi connectivity index (χ1) is 9.97. The highest BCUT2D eigenvalue weighted by molar-refractivity contribution is 7.09. The van der Waals surface area contributed by atoms with Crippen molar-refractivity contribution in [2.24, 2.45) is 0 Å². The minimum absolute atomic E-state index is 0.0112.